The Hall–Kier alpha value is -0.443. The van der Waals surface area contributed by atoms with Crippen LogP contribution in [0.3, 0.4) is 0 Å². The minimum atomic E-state index is -0.791. The maximum Gasteiger partial charge on any atom is 0.235 e. The van der Waals surface area contributed by atoms with Gasteiger partial charge < -0.3 is 4.43 Å². The SMILES string of the molecule is CCO[SiH2]C(CC)(N=C=O)C(CC)CC. The first-order valence-electron chi connectivity index (χ1n) is 5.87. The van der Waals surface area contributed by atoms with Crippen molar-refractivity contribution in [3.05, 3.63) is 0 Å². The Kier molecular flexibility index (Phi) is 7.57. The van der Waals surface area contributed by atoms with Crippen LogP contribution < -0.4 is 0 Å². The lowest BCUT2D eigenvalue weighted by Crippen LogP contribution is -2.42. The molecule has 3 nitrogen and oxygen atoms in total. The molecule has 15 heavy (non-hydrogen) atoms. The van der Waals surface area contributed by atoms with Gasteiger partial charge in [-0.15, -0.1) is 0 Å². The van der Waals surface area contributed by atoms with Crippen LogP contribution in [0.5, 0.6) is 0 Å². The minimum Gasteiger partial charge on any atom is -0.422 e. The highest BCUT2D eigenvalue weighted by atomic mass is 28.2. The molecule has 0 aliphatic rings. The molecular formula is C11H23NO2Si. The zero-order valence-electron chi connectivity index (χ0n) is 10.4. The van der Waals surface area contributed by atoms with Crippen molar-refractivity contribution in [2.75, 3.05) is 6.61 Å². The fourth-order valence-corrected chi connectivity index (χ4v) is 3.83. The normalized spacial score (nSPS) is 15.5. The molecule has 0 radical (unpaired) electrons. The minimum absolute atomic E-state index is 0.221. The average Bonchev–Trinajstić information content (AvgIpc) is 2.27. The molecule has 0 bridgehead atoms. The topological polar surface area (TPSA) is 38.7 Å². The van der Waals surface area contributed by atoms with Gasteiger partial charge in [0.1, 0.15) is 0 Å². The molecular weight excluding hydrogens is 206 g/mol. The van der Waals surface area contributed by atoms with E-state index >= 15 is 0 Å². The Morgan fingerprint density at radius 3 is 2.27 bits per heavy atom. The number of hydrogen-bond donors (Lipinski definition) is 0. The molecule has 0 spiro atoms. The highest BCUT2D eigenvalue weighted by Crippen LogP contribution is 2.30. The van der Waals surface area contributed by atoms with E-state index in [9.17, 15) is 4.79 Å². The van der Waals surface area contributed by atoms with Crippen molar-refractivity contribution in [2.45, 2.75) is 52.1 Å². The summed E-state index contributed by atoms with van der Waals surface area (Å²) in [5.41, 5.74) is 0. The molecule has 0 saturated heterocycles. The summed E-state index contributed by atoms with van der Waals surface area (Å²) < 4.78 is 5.59. The van der Waals surface area contributed by atoms with Crippen LogP contribution in [0.15, 0.2) is 4.99 Å². The standard InChI is InChI=1S/C11H23NO2Si/c1-5-10(6-2)11(7-3,12-9-13)15-14-8-4/h10H,5-8,15H2,1-4H3. The molecule has 88 valence electrons. The lowest BCUT2D eigenvalue weighted by atomic mass is 9.92. The maximum atomic E-state index is 10.6. The lowest BCUT2D eigenvalue weighted by Gasteiger charge is -2.33. The average molecular weight is 229 g/mol. The highest BCUT2D eigenvalue weighted by Gasteiger charge is 2.36. The van der Waals surface area contributed by atoms with Gasteiger partial charge in [-0.05, 0) is 19.3 Å². The van der Waals surface area contributed by atoms with Gasteiger partial charge in [0.15, 0.2) is 9.76 Å². The molecule has 0 N–H and O–H groups in total. The summed E-state index contributed by atoms with van der Waals surface area (Å²) >= 11 is 0. The second-order valence-electron chi connectivity index (χ2n) is 3.81. The molecule has 1 atom stereocenters. The third kappa shape index (κ3) is 3.90. The zero-order chi connectivity index (χ0) is 11.7. The van der Waals surface area contributed by atoms with Gasteiger partial charge >= 0.3 is 0 Å². The summed E-state index contributed by atoms with van der Waals surface area (Å²) in [6.07, 6.45) is 4.74. The molecule has 0 aliphatic carbocycles. The number of carbonyl (C=O) groups excluding carboxylic acids is 1. The number of nitrogens with zero attached hydrogens (tertiary/aromatic N) is 1. The second kappa shape index (κ2) is 7.80. The maximum absolute atomic E-state index is 10.6. The van der Waals surface area contributed by atoms with E-state index in [1.165, 1.54) is 0 Å². The van der Waals surface area contributed by atoms with Crippen molar-refractivity contribution in [3.8, 4) is 0 Å². The summed E-state index contributed by atoms with van der Waals surface area (Å²) in [4.78, 5) is 14.6. The van der Waals surface area contributed by atoms with Crippen LogP contribution in [0.1, 0.15) is 47.0 Å². The fraction of sp³-hybridized carbons (Fsp3) is 0.909. The predicted molar refractivity (Wildman–Crippen MR) is 65.4 cm³/mol. The number of isocyanates is 1. The van der Waals surface area contributed by atoms with Crippen molar-refractivity contribution >= 4 is 15.8 Å². The molecule has 1 unspecified atom stereocenters. The van der Waals surface area contributed by atoms with Gasteiger partial charge in [-0.1, -0.05) is 33.6 Å². The van der Waals surface area contributed by atoms with E-state index in [1.807, 2.05) is 6.92 Å². The molecule has 0 aliphatic heterocycles. The Morgan fingerprint density at radius 1 is 1.33 bits per heavy atom. The van der Waals surface area contributed by atoms with Crippen LogP contribution in [0.4, 0.5) is 0 Å². The highest BCUT2D eigenvalue weighted by molar-refractivity contribution is 6.33. The summed E-state index contributed by atoms with van der Waals surface area (Å²) in [7, 11) is -0.791. The third-order valence-corrected chi connectivity index (χ3v) is 5.53. The van der Waals surface area contributed by atoms with Gasteiger partial charge in [0.2, 0.25) is 6.08 Å². The third-order valence-electron chi connectivity index (χ3n) is 3.18. The van der Waals surface area contributed by atoms with Gasteiger partial charge in [-0.25, -0.2) is 9.79 Å². The first-order chi connectivity index (χ1) is 7.20. The van der Waals surface area contributed by atoms with Gasteiger partial charge in [0, 0.05) is 6.61 Å². The first-order valence-corrected chi connectivity index (χ1v) is 7.15. The smallest absolute Gasteiger partial charge is 0.235 e. The van der Waals surface area contributed by atoms with Crippen molar-refractivity contribution in [2.24, 2.45) is 10.9 Å². The molecule has 0 saturated carbocycles. The van der Waals surface area contributed by atoms with E-state index < -0.39 is 9.76 Å². The molecule has 0 rings (SSSR count). The predicted octanol–water partition coefficient (Wildman–Crippen LogP) is 1.98. The number of aliphatic imine (C=N–C) groups is 1. The van der Waals surface area contributed by atoms with Crippen LogP contribution in [-0.4, -0.2) is 27.6 Å². The quantitative estimate of drug-likeness (QED) is 0.363. The zero-order valence-corrected chi connectivity index (χ0v) is 11.8. The first kappa shape index (κ1) is 14.6. The van der Waals surface area contributed by atoms with E-state index in [1.54, 1.807) is 6.08 Å². The summed E-state index contributed by atoms with van der Waals surface area (Å²) in [6.45, 7) is 9.11. The summed E-state index contributed by atoms with van der Waals surface area (Å²) in [6, 6.07) is 0. The van der Waals surface area contributed by atoms with E-state index in [4.69, 9.17) is 4.43 Å². The Labute approximate surface area is 95.3 Å². The Morgan fingerprint density at radius 2 is 1.93 bits per heavy atom. The van der Waals surface area contributed by atoms with Crippen LogP contribution >= 0.6 is 0 Å². The molecule has 0 aromatic carbocycles. The van der Waals surface area contributed by atoms with Crippen LogP contribution in [0, 0.1) is 5.92 Å². The van der Waals surface area contributed by atoms with Gasteiger partial charge in [-0.2, -0.15) is 0 Å². The van der Waals surface area contributed by atoms with Gasteiger partial charge in [-0.3, -0.25) is 0 Å². The van der Waals surface area contributed by atoms with Crippen LogP contribution in [0.25, 0.3) is 0 Å². The van der Waals surface area contributed by atoms with E-state index in [-0.39, 0.29) is 5.16 Å². The Balaban J connectivity index is 4.84. The van der Waals surface area contributed by atoms with E-state index in [0.717, 1.165) is 25.9 Å². The van der Waals surface area contributed by atoms with Crippen molar-refractivity contribution in [1.82, 2.24) is 0 Å². The summed E-state index contributed by atoms with van der Waals surface area (Å²) in [5, 5.41) is -0.221. The van der Waals surface area contributed by atoms with Gasteiger partial charge in [0.05, 0.1) is 5.16 Å². The van der Waals surface area contributed by atoms with Crippen molar-refractivity contribution < 1.29 is 9.22 Å². The van der Waals surface area contributed by atoms with Crippen molar-refractivity contribution in [3.63, 3.8) is 0 Å². The molecule has 0 fully saturated rings. The van der Waals surface area contributed by atoms with E-state index in [0.29, 0.717) is 5.92 Å². The van der Waals surface area contributed by atoms with Crippen LogP contribution in [-0.2, 0) is 9.22 Å². The van der Waals surface area contributed by atoms with E-state index in [2.05, 4.69) is 25.8 Å². The fourth-order valence-electron chi connectivity index (χ4n) is 2.13. The molecule has 4 heteroatoms. The van der Waals surface area contributed by atoms with Crippen molar-refractivity contribution in [1.29, 1.82) is 0 Å². The lowest BCUT2D eigenvalue weighted by molar-refractivity contribution is 0.276. The largest absolute Gasteiger partial charge is 0.422 e. The van der Waals surface area contributed by atoms with Gasteiger partial charge in [0.25, 0.3) is 0 Å². The molecule has 0 aromatic rings. The Bertz CT molecular complexity index is 213. The number of rotatable bonds is 8. The molecule has 0 aromatic heterocycles. The van der Waals surface area contributed by atoms with Crippen LogP contribution in [0.2, 0.25) is 0 Å². The molecule has 0 heterocycles. The second-order valence-corrected chi connectivity index (χ2v) is 5.73. The number of hydrogen-bond acceptors (Lipinski definition) is 3. The molecule has 0 amide bonds. The monoisotopic (exact) mass is 229 g/mol. The summed E-state index contributed by atoms with van der Waals surface area (Å²) in [5.74, 6) is 0.460.